The molecular weight excluding hydrogens is 228 g/mol. The third-order valence-corrected chi connectivity index (χ3v) is 3.85. The van der Waals surface area contributed by atoms with Gasteiger partial charge in [-0.25, -0.2) is 0 Å². The molecule has 0 aromatic rings. The van der Waals surface area contributed by atoms with Gasteiger partial charge in [0.25, 0.3) is 0 Å². The molecule has 112 valence electrons. The second-order valence-electron chi connectivity index (χ2n) is 5.73. The lowest BCUT2D eigenvalue weighted by atomic mass is 10.0. The summed E-state index contributed by atoms with van der Waals surface area (Å²) in [4.78, 5) is 4.22. The summed E-state index contributed by atoms with van der Waals surface area (Å²) in [5, 5.41) is 17.5. The number of nitrogens with zero attached hydrogens (tertiary/aromatic N) is 2. The van der Waals surface area contributed by atoms with Crippen molar-refractivity contribution in [1.82, 2.24) is 9.80 Å². The van der Waals surface area contributed by atoms with Crippen molar-refractivity contribution in [2.45, 2.75) is 39.8 Å². The van der Waals surface area contributed by atoms with Crippen molar-refractivity contribution in [3.8, 4) is 0 Å². The van der Waals surface area contributed by atoms with E-state index < -0.39 is 0 Å². The molecule has 0 fully saturated rings. The minimum Gasteiger partial charge on any atom is -0.396 e. The highest BCUT2D eigenvalue weighted by atomic mass is 16.3. The zero-order valence-electron chi connectivity index (χ0n) is 13.5. The Morgan fingerprint density at radius 2 is 0.889 bits per heavy atom. The van der Waals surface area contributed by atoms with E-state index in [0.717, 1.165) is 0 Å². The van der Waals surface area contributed by atoms with Crippen LogP contribution in [0.25, 0.3) is 0 Å². The smallest absolute Gasteiger partial charge is 0.0471 e. The van der Waals surface area contributed by atoms with Crippen LogP contribution in [-0.2, 0) is 0 Å². The second-order valence-corrected chi connectivity index (χ2v) is 5.73. The first kappa shape index (κ1) is 20.2. The molecule has 18 heavy (non-hydrogen) atoms. The van der Waals surface area contributed by atoms with Gasteiger partial charge in [0.2, 0.25) is 0 Å². The van der Waals surface area contributed by atoms with Gasteiger partial charge in [0.15, 0.2) is 0 Å². The van der Waals surface area contributed by atoms with Gasteiger partial charge in [0.05, 0.1) is 0 Å². The summed E-state index contributed by atoms with van der Waals surface area (Å²) in [5.41, 5.74) is 0. The Morgan fingerprint density at radius 3 is 0.944 bits per heavy atom. The Morgan fingerprint density at radius 1 is 0.667 bits per heavy atom. The molecule has 0 amide bonds. The molecule has 0 bridgehead atoms. The number of hydrogen-bond donors (Lipinski definition) is 2. The highest BCUT2D eigenvalue weighted by molar-refractivity contribution is 4.66. The largest absolute Gasteiger partial charge is 0.396 e. The quantitative estimate of drug-likeness (QED) is 0.753. The van der Waals surface area contributed by atoms with Crippen LogP contribution in [0, 0.1) is 11.8 Å². The highest BCUT2D eigenvalue weighted by Crippen LogP contribution is 2.05. The van der Waals surface area contributed by atoms with Crippen LogP contribution < -0.4 is 0 Å². The van der Waals surface area contributed by atoms with Crippen molar-refractivity contribution in [2.24, 2.45) is 11.8 Å². The fourth-order valence-electron chi connectivity index (χ4n) is 1.32. The zero-order valence-corrected chi connectivity index (χ0v) is 13.5. The molecule has 4 unspecified atom stereocenters. The van der Waals surface area contributed by atoms with E-state index in [4.69, 9.17) is 10.2 Å². The van der Waals surface area contributed by atoms with Crippen LogP contribution >= 0.6 is 0 Å². The van der Waals surface area contributed by atoms with E-state index >= 15 is 0 Å². The SMILES string of the molecule is CC(CO)C(C)N(C)C.CC(CO)C(C)N(C)C. The summed E-state index contributed by atoms with van der Waals surface area (Å²) in [5.74, 6) is 0.750. The van der Waals surface area contributed by atoms with Gasteiger partial charge in [0, 0.05) is 25.3 Å². The lowest BCUT2D eigenvalue weighted by Gasteiger charge is -2.24. The molecule has 4 atom stereocenters. The fourth-order valence-corrected chi connectivity index (χ4v) is 1.32. The Balaban J connectivity index is 0. The minimum atomic E-state index is 0.277. The molecule has 0 spiro atoms. The van der Waals surface area contributed by atoms with Crippen LogP contribution in [0.4, 0.5) is 0 Å². The van der Waals surface area contributed by atoms with Gasteiger partial charge in [-0.1, -0.05) is 13.8 Å². The van der Waals surface area contributed by atoms with Gasteiger partial charge >= 0.3 is 0 Å². The Labute approximate surface area is 114 Å². The molecule has 0 rings (SSSR count). The normalized spacial score (nSPS) is 18.0. The van der Waals surface area contributed by atoms with Crippen LogP contribution in [0.15, 0.2) is 0 Å². The fraction of sp³-hybridized carbons (Fsp3) is 1.00. The molecule has 0 radical (unpaired) electrons. The van der Waals surface area contributed by atoms with E-state index in [-0.39, 0.29) is 13.2 Å². The second kappa shape index (κ2) is 10.7. The number of aliphatic hydroxyl groups excluding tert-OH is 2. The van der Waals surface area contributed by atoms with E-state index in [9.17, 15) is 0 Å². The van der Waals surface area contributed by atoms with Crippen molar-refractivity contribution in [2.75, 3.05) is 41.4 Å². The molecule has 0 aliphatic rings. The average molecular weight is 262 g/mol. The third-order valence-electron chi connectivity index (χ3n) is 3.85. The first-order valence-electron chi connectivity index (χ1n) is 6.73. The van der Waals surface area contributed by atoms with Crippen molar-refractivity contribution < 1.29 is 10.2 Å². The van der Waals surface area contributed by atoms with Gasteiger partial charge in [-0.2, -0.15) is 0 Å². The van der Waals surface area contributed by atoms with Crippen molar-refractivity contribution in [3.05, 3.63) is 0 Å². The van der Waals surface area contributed by atoms with Gasteiger partial charge in [-0.15, -0.1) is 0 Å². The Hall–Kier alpha value is -0.160. The first-order valence-corrected chi connectivity index (χ1v) is 6.73. The van der Waals surface area contributed by atoms with Crippen LogP contribution in [0.1, 0.15) is 27.7 Å². The van der Waals surface area contributed by atoms with Crippen molar-refractivity contribution in [3.63, 3.8) is 0 Å². The topological polar surface area (TPSA) is 46.9 Å². The molecule has 4 nitrogen and oxygen atoms in total. The molecule has 2 N–H and O–H groups in total. The maximum Gasteiger partial charge on any atom is 0.0471 e. The molecule has 0 aromatic heterocycles. The van der Waals surface area contributed by atoms with E-state index in [1.165, 1.54) is 0 Å². The number of hydrogen-bond acceptors (Lipinski definition) is 4. The van der Waals surface area contributed by atoms with E-state index in [1.54, 1.807) is 0 Å². The maximum absolute atomic E-state index is 8.73. The zero-order chi connectivity index (χ0) is 14.9. The number of rotatable bonds is 6. The summed E-state index contributed by atoms with van der Waals surface area (Å²) >= 11 is 0. The van der Waals surface area contributed by atoms with Crippen molar-refractivity contribution in [1.29, 1.82) is 0 Å². The molecule has 0 saturated carbocycles. The third kappa shape index (κ3) is 8.86. The Bertz CT molecular complexity index is 167. The summed E-state index contributed by atoms with van der Waals surface area (Å²) in [6, 6.07) is 0.935. The molecule has 0 heterocycles. The summed E-state index contributed by atoms with van der Waals surface area (Å²) in [6.45, 7) is 8.87. The van der Waals surface area contributed by atoms with Crippen molar-refractivity contribution >= 4 is 0 Å². The van der Waals surface area contributed by atoms with E-state index in [1.807, 2.05) is 42.0 Å². The predicted molar refractivity (Wildman–Crippen MR) is 78.8 cm³/mol. The van der Waals surface area contributed by atoms with E-state index in [0.29, 0.717) is 23.9 Å². The van der Waals surface area contributed by atoms with Crippen LogP contribution in [0.2, 0.25) is 0 Å². The minimum absolute atomic E-state index is 0.277. The molecule has 0 aliphatic heterocycles. The van der Waals surface area contributed by atoms with Gasteiger partial charge in [-0.05, 0) is 53.9 Å². The summed E-state index contributed by atoms with van der Waals surface area (Å²) in [7, 11) is 8.10. The first-order chi connectivity index (χ1) is 8.18. The monoisotopic (exact) mass is 262 g/mol. The average Bonchev–Trinajstić information content (AvgIpc) is 2.35. The molecule has 4 heteroatoms. The standard InChI is InChI=1S/2C7H17NO/c2*1-6(5-9)7(2)8(3)4/h2*6-7,9H,5H2,1-4H3. The highest BCUT2D eigenvalue weighted by Gasteiger charge is 2.12. The van der Waals surface area contributed by atoms with Gasteiger partial charge in [0.1, 0.15) is 0 Å². The lowest BCUT2D eigenvalue weighted by molar-refractivity contribution is 0.156. The van der Waals surface area contributed by atoms with Crippen LogP contribution in [0.5, 0.6) is 0 Å². The van der Waals surface area contributed by atoms with Crippen LogP contribution in [0.3, 0.4) is 0 Å². The summed E-state index contributed by atoms with van der Waals surface area (Å²) < 4.78 is 0. The maximum atomic E-state index is 8.73. The molecule has 0 aromatic carbocycles. The molecule has 0 aliphatic carbocycles. The van der Waals surface area contributed by atoms with Gasteiger partial charge < -0.3 is 20.0 Å². The Kier molecular flexibility index (Phi) is 12.0. The summed E-state index contributed by atoms with van der Waals surface area (Å²) in [6.07, 6.45) is 0. The van der Waals surface area contributed by atoms with Gasteiger partial charge in [-0.3, -0.25) is 0 Å². The number of aliphatic hydroxyl groups is 2. The lowest BCUT2D eigenvalue weighted by Crippen LogP contribution is -2.32. The van der Waals surface area contributed by atoms with E-state index in [2.05, 4.69) is 23.6 Å². The van der Waals surface area contributed by atoms with Crippen LogP contribution in [-0.4, -0.2) is 73.5 Å². The predicted octanol–water partition coefficient (Wildman–Crippen LogP) is 1.13. The molecule has 0 saturated heterocycles. The molecular formula is C14H34N2O2.